The second kappa shape index (κ2) is 8.72. The third kappa shape index (κ3) is 3.97. The lowest BCUT2D eigenvalue weighted by molar-refractivity contribution is -0.146. The van der Waals surface area contributed by atoms with Gasteiger partial charge in [0.15, 0.2) is 5.96 Å². The second-order valence-corrected chi connectivity index (χ2v) is 7.98. The molecule has 1 heterocycles. The van der Waals surface area contributed by atoms with Crippen LogP contribution < -0.4 is 5.32 Å². The predicted octanol–water partition coefficient (Wildman–Crippen LogP) is 3.05. The number of hydrogen-bond acceptors (Lipinski definition) is 3. The molecule has 2 saturated carbocycles. The topological polar surface area (TPSA) is 46.1 Å². The van der Waals surface area contributed by atoms with Crippen molar-refractivity contribution in [1.82, 2.24) is 10.2 Å². The molecule has 5 heteroatoms. The second-order valence-electron chi connectivity index (χ2n) is 7.98. The Balaban J connectivity index is 1.58. The van der Waals surface area contributed by atoms with Crippen molar-refractivity contribution in [2.75, 3.05) is 40.0 Å². The van der Waals surface area contributed by atoms with Crippen LogP contribution in [0.2, 0.25) is 0 Å². The summed E-state index contributed by atoms with van der Waals surface area (Å²) in [7, 11) is 1.92. The van der Waals surface area contributed by atoms with Gasteiger partial charge in [-0.3, -0.25) is 4.99 Å². The fraction of sp³-hybridized carbons (Fsp3) is 0.950. The average Bonchev–Trinajstić information content (AvgIpc) is 3.12. The third-order valence-corrected chi connectivity index (χ3v) is 6.60. The van der Waals surface area contributed by atoms with Gasteiger partial charge in [0.2, 0.25) is 0 Å². The quantitative estimate of drug-likeness (QED) is 0.590. The fourth-order valence-electron chi connectivity index (χ4n) is 5.16. The lowest BCUT2D eigenvalue weighted by atomic mass is 9.55. The Morgan fingerprint density at radius 3 is 2.68 bits per heavy atom. The molecule has 144 valence electrons. The molecule has 0 amide bonds. The highest BCUT2D eigenvalue weighted by molar-refractivity contribution is 5.80. The van der Waals surface area contributed by atoms with E-state index in [4.69, 9.17) is 9.47 Å². The molecule has 0 bridgehead atoms. The number of likely N-dealkylation sites (tertiary alicyclic amines) is 1. The van der Waals surface area contributed by atoms with Crippen molar-refractivity contribution < 1.29 is 9.47 Å². The summed E-state index contributed by atoms with van der Waals surface area (Å²) in [6.45, 7) is 8.87. The molecule has 1 saturated heterocycles. The normalized spacial score (nSPS) is 32.0. The number of aliphatic imine (C=N–C) groups is 1. The first-order valence-corrected chi connectivity index (χ1v) is 10.4. The van der Waals surface area contributed by atoms with Gasteiger partial charge in [0.25, 0.3) is 0 Å². The van der Waals surface area contributed by atoms with Gasteiger partial charge < -0.3 is 19.7 Å². The van der Waals surface area contributed by atoms with Crippen molar-refractivity contribution in [3.63, 3.8) is 0 Å². The highest BCUT2D eigenvalue weighted by Crippen LogP contribution is 2.53. The van der Waals surface area contributed by atoms with Gasteiger partial charge in [-0.25, -0.2) is 0 Å². The van der Waals surface area contributed by atoms with Gasteiger partial charge in [-0.2, -0.15) is 0 Å². The molecule has 3 aliphatic rings. The maximum Gasteiger partial charge on any atom is 0.193 e. The summed E-state index contributed by atoms with van der Waals surface area (Å²) in [5.41, 5.74) is 0.342. The standard InChI is InChI=1S/C20H37N3O2/c1-4-24-15-16-9-12-23(14-16)19(21-3)22-17-13-18(25-5-2)20(17)10-7-6-8-11-20/h16-18H,4-15H2,1-3H3,(H,21,22). The molecule has 0 radical (unpaired) electrons. The minimum absolute atomic E-state index is 0.342. The van der Waals surface area contributed by atoms with E-state index in [9.17, 15) is 0 Å². The van der Waals surface area contributed by atoms with Gasteiger partial charge in [-0.15, -0.1) is 0 Å². The molecule has 3 atom stereocenters. The Morgan fingerprint density at radius 2 is 2.00 bits per heavy atom. The Hall–Kier alpha value is -0.810. The first kappa shape index (κ1) is 19.0. The predicted molar refractivity (Wildman–Crippen MR) is 102 cm³/mol. The van der Waals surface area contributed by atoms with Crippen LogP contribution in [0.4, 0.5) is 0 Å². The average molecular weight is 352 g/mol. The van der Waals surface area contributed by atoms with E-state index in [1.165, 1.54) is 38.5 Å². The first-order chi connectivity index (χ1) is 12.2. The molecule has 5 nitrogen and oxygen atoms in total. The number of rotatable bonds is 6. The molecule has 0 aromatic heterocycles. The molecule has 3 unspecified atom stereocenters. The van der Waals surface area contributed by atoms with Crippen LogP contribution in [0.15, 0.2) is 4.99 Å². The maximum atomic E-state index is 6.09. The van der Waals surface area contributed by atoms with Gasteiger partial charge in [0.1, 0.15) is 0 Å². The highest BCUT2D eigenvalue weighted by atomic mass is 16.5. The van der Waals surface area contributed by atoms with E-state index in [1.807, 2.05) is 7.05 Å². The molecular formula is C20H37N3O2. The first-order valence-electron chi connectivity index (χ1n) is 10.4. The maximum absolute atomic E-state index is 6.09. The Morgan fingerprint density at radius 1 is 1.20 bits per heavy atom. The number of ether oxygens (including phenoxy) is 2. The molecule has 1 N–H and O–H groups in total. The summed E-state index contributed by atoms with van der Waals surface area (Å²) in [4.78, 5) is 7.03. The highest BCUT2D eigenvalue weighted by Gasteiger charge is 2.56. The van der Waals surface area contributed by atoms with E-state index in [-0.39, 0.29) is 0 Å². The Bertz CT molecular complexity index is 448. The van der Waals surface area contributed by atoms with Crippen molar-refractivity contribution in [1.29, 1.82) is 0 Å². The number of hydrogen-bond donors (Lipinski definition) is 1. The Kier molecular flexibility index (Phi) is 6.61. The summed E-state index contributed by atoms with van der Waals surface area (Å²) in [5.74, 6) is 1.73. The summed E-state index contributed by atoms with van der Waals surface area (Å²) >= 11 is 0. The minimum atomic E-state index is 0.342. The summed E-state index contributed by atoms with van der Waals surface area (Å²) < 4.78 is 11.7. The monoisotopic (exact) mass is 351 g/mol. The van der Waals surface area contributed by atoms with Crippen LogP contribution in [0.5, 0.6) is 0 Å². The van der Waals surface area contributed by atoms with Crippen molar-refractivity contribution in [2.45, 2.75) is 70.9 Å². The lowest BCUT2D eigenvalue weighted by Crippen LogP contribution is -2.66. The zero-order chi connectivity index (χ0) is 17.7. The van der Waals surface area contributed by atoms with Crippen LogP contribution in [0.1, 0.15) is 58.8 Å². The van der Waals surface area contributed by atoms with E-state index in [2.05, 4.69) is 29.1 Å². The van der Waals surface area contributed by atoms with Gasteiger partial charge >= 0.3 is 0 Å². The van der Waals surface area contributed by atoms with Crippen molar-refractivity contribution in [3.05, 3.63) is 0 Å². The van der Waals surface area contributed by atoms with E-state index in [1.54, 1.807) is 0 Å². The van der Waals surface area contributed by atoms with Gasteiger partial charge in [0, 0.05) is 50.7 Å². The van der Waals surface area contributed by atoms with Crippen molar-refractivity contribution >= 4 is 5.96 Å². The van der Waals surface area contributed by atoms with E-state index < -0.39 is 0 Å². The van der Waals surface area contributed by atoms with Gasteiger partial charge in [0.05, 0.1) is 12.7 Å². The van der Waals surface area contributed by atoms with Crippen LogP contribution in [0.3, 0.4) is 0 Å². The van der Waals surface area contributed by atoms with Crippen molar-refractivity contribution in [3.8, 4) is 0 Å². The molecule has 0 aromatic carbocycles. The molecule has 1 aliphatic heterocycles. The van der Waals surface area contributed by atoms with Crippen LogP contribution in [-0.4, -0.2) is 63.0 Å². The smallest absolute Gasteiger partial charge is 0.193 e. The van der Waals surface area contributed by atoms with Crippen molar-refractivity contribution in [2.24, 2.45) is 16.3 Å². The fourth-order valence-corrected chi connectivity index (χ4v) is 5.16. The zero-order valence-corrected chi connectivity index (χ0v) is 16.4. The molecule has 0 aromatic rings. The largest absolute Gasteiger partial charge is 0.381 e. The molecular weight excluding hydrogens is 314 g/mol. The van der Waals surface area contributed by atoms with E-state index >= 15 is 0 Å². The SMILES string of the molecule is CCOCC1CCN(C(=NC)NC2CC(OCC)C23CCCCC3)C1. The summed E-state index contributed by atoms with van der Waals surface area (Å²) in [5, 5.41) is 3.83. The number of nitrogens with one attached hydrogen (secondary N) is 1. The number of nitrogens with zero attached hydrogens (tertiary/aromatic N) is 2. The molecule has 25 heavy (non-hydrogen) atoms. The lowest BCUT2D eigenvalue weighted by Gasteiger charge is -2.58. The minimum Gasteiger partial charge on any atom is -0.381 e. The van der Waals surface area contributed by atoms with Gasteiger partial charge in [-0.05, 0) is 39.5 Å². The zero-order valence-electron chi connectivity index (χ0n) is 16.4. The summed E-state index contributed by atoms with van der Waals surface area (Å²) in [6, 6.07) is 0.522. The molecule has 3 fully saturated rings. The number of guanidine groups is 1. The summed E-state index contributed by atoms with van der Waals surface area (Å²) in [6.07, 6.45) is 9.46. The molecule has 3 rings (SSSR count). The van der Waals surface area contributed by atoms with E-state index in [0.717, 1.165) is 45.3 Å². The van der Waals surface area contributed by atoms with Crippen LogP contribution in [0, 0.1) is 11.3 Å². The van der Waals surface area contributed by atoms with E-state index in [0.29, 0.717) is 23.5 Å². The third-order valence-electron chi connectivity index (χ3n) is 6.60. The molecule has 2 aliphatic carbocycles. The van der Waals surface area contributed by atoms with Crippen LogP contribution in [0.25, 0.3) is 0 Å². The van der Waals surface area contributed by atoms with Crippen LogP contribution in [-0.2, 0) is 9.47 Å². The van der Waals surface area contributed by atoms with Gasteiger partial charge in [-0.1, -0.05) is 19.3 Å². The molecule has 1 spiro atoms. The van der Waals surface area contributed by atoms with Crippen LogP contribution >= 0.6 is 0 Å². The Labute approximate surface area is 153 Å².